The highest BCUT2D eigenvalue weighted by Crippen LogP contribution is 2.33. The van der Waals surface area contributed by atoms with Crippen LogP contribution in [0.1, 0.15) is 45.0 Å². The van der Waals surface area contributed by atoms with Crippen molar-refractivity contribution in [1.82, 2.24) is 24.8 Å². The van der Waals surface area contributed by atoms with Crippen LogP contribution in [0.2, 0.25) is 0 Å². The lowest BCUT2D eigenvalue weighted by Gasteiger charge is -2.25. The van der Waals surface area contributed by atoms with Crippen molar-refractivity contribution in [3.8, 4) is 5.82 Å². The van der Waals surface area contributed by atoms with Crippen LogP contribution < -0.4 is 5.32 Å². The average molecular weight is 482 g/mol. The molecule has 1 N–H and O–H groups in total. The van der Waals surface area contributed by atoms with Gasteiger partial charge >= 0.3 is 0 Å². The van der Waals surface area contributed by atoms with Crippen molar-refractivity contribution in [2.75, 3.05) is 19.6 Å². The van der Waals surface area contributed by atoms with Crippen molar-refractivity contribution in [3.63, 3.8) is 0 Å². The lowest BCUT2D eigenvalue weighted by molar-refractivity contribution is 0.322. The van der Waals surface area contributed by atoms with Gasteiger partial charge in [0.2, 0.25) is 0 Å². The summed E-state index contributed by atoms with van der Waals surface area (Å²) in [5, 5.41) is 3.46. The molecule has 1 atom stereocenters. The van der Waals surface area contributed by atoms with Gasteiger partial charge in [0.1, 0.15) is 11.6 Å². The summed E-state index contributed by atoms with van der Waals surface area (Å²) in [6.07, 6.45) is 8.00. The van der Waals surface area contributed by atoms with Crippen LogP contribution in [0.4, 0.5) is 0 Å². The van der Waals surface area contributed by atoms with Crippen molar-refractivity contribution in [3.05, 3.63) is 42.1 Å². The summed E-state index contributed by atoms with van der Waals surface area (Å²) >= 11 is 0. The molecule has 3 rings (SSSR count). The number of nitrogens with zero attached hydrogens (tertiary/aromatic N) is 5. The molecule has 1 fully saturated rings. The predicted octanol–water partition coefficient (Wildman–Crippen LogP) is 3.78. The van der Waals surface area contributed by atoms with Crippen molar-refractivity contribution >= 4 is 29.9 Å². The zero-order valence-electron chi connectivity index (χ0n) is 16.8. The minimum atomic E-state index is 0. The number of aromatic nitrogens is 3. The van der Waals surface area contributed by atoms with Crippen LogP contribution in [0, 0.1) is 12.3 Å². The third kappa shape index (κ3) is 5.00. The Bertz CT molecular complexity index is 771. The molecule has 0 amide bonds. The summed E-state index contributed by atoms with van der Waals surface area (Å²) in [5.41, 5.74) is 1.49. The van der Waals surface area contributed by atoms with Gasteiger partial charge in [-0.1, -0.05) is 19.9 Å². The van der Waals surface area contributed by atoms with Crippen molar-refractivity contribution in [1.29, 1.82) is 0 Å². The van der Waals surface area contributed by atoms with E-state index >= 15 is 0 Å². The van der Waals surface area contributed by atoms with E-state index in [0.717, 1.165) is 42.8 Å². The van der Waals surface area contributed by atoms with Crippen LogP contribution in [0.15, 0.2) is 35.7 Å². The smallest absolute Gasteiger partial charge is 0.194 e. The molecule has 1 unspecified atom stereocenters. The molecule has 148 valence electrons. The van der Waals surface area contributed by atoms with Gasteiger partial charge in [-0.15, -0.1) is 24.0 Å². The number of aliphatic imine (C=N–C) groups is 1. The van der Waals surface area contributed by atoms with Crippen LogP contribution in [-0.4, -0.2) is 45.0 Å². The first kappa shape index (κ1) is 21.7. The van der Waals surface area contributed by atoms with E-state index in [0.29, 0.717) is 12.0 Å². The Kier molecular flexibility index (Phi) is 7.64. The lowest BCUT2D eigenvalue weighted by atomic mass is 9.87. The molecule has 1 aliphatic heterocycles. The fraction of sp³-hybridized carbons (Fsp3) is 0.550. The Hall–Kier alpha value is -1.64. The van der Waals surface area contributed by atoms with Gasteiger partial charge in [0.05, 0.1) is 6.54 Å². The van der Waals surface area contributed by atoms with Gasteiger partial charge in [-0.2, -0.15) is 0 Å². The number of guanidine groups is 1. The number of hydrogen-bond acceptors (Lipinski definition) is 3. The van der Waals surface area contributed by atoms with Crippen LogP contribution in [-0.2, 0) is 6.54 Å². The standard InChI is InChI=1S/C20H30N6.HI/c1-5-20(4)9-12-25(15-20)19(21-6-2)24-14-17-8-7-10-23-18(17)26-13-11-22-16(26)3;/h7-8,10-11,13H,5-6,9,12,14-15H2,1-4H3,(H,21,24);1H. The maximum Gasteiger partial charge on any atom is 0.194 e. The van der Waals surface area contributed by atoms with Gasteiger partial charge in [0.25, 0.3) is 0 Å². The van der Waals surface area contributed by atoms with Gasteiger partial charge in [-0.25, -0.2) is 15.0 Å². The van der Waals surface area contributed by atoms with E-state index < -0.39 is 0 Å². The van der Waals surface area contributed by atoms with Crippen molar-refractivity contribution in [2.24, 2.45) is 10.4 Å². The number of aryl methyl sites for hydroxylation is 1. The van der Waals surface area contributed by atoms with E-state index in [1.165, 1.54) is 12.8 Å². The molecule has 0 saturated carbocycles. The molecule has 1 saturated heterocycles. The third-order valence-electron chi connectivity index (χ3n) is 5.37. The third-order valence-corrected chi connectivity index (χ3v) is 5.37. The number of imidazole rings is 1. The Labute approximate surface area is 179 Å². The van der Waals surface area contributed by atoms with Gasteiger partial charge in [-0.05, 0) is 38.2 Å². The molecule has 0 spiro atoms. The van der Waals surface area contributed by atoms with E-state index in [1.54, 1.807) is 6.20 Å². The molecule has 1 aliphatic rings. The summed E-state index contributed by atoms with van der Waals surface area (Å²) in [4.78, 5) is 16.2. The van der Waals surface area contributed by atoms with E-state index in [4.69, 9.17) is 4.99 Å². The fourth-order valence-electron chi connectivity index (χ4n) is 3.45. The first-order valence-electron chi connectivity index (χ1n) is 9.54. The number of rotatable bonds is 5. The minimum Gasteiger partial charge on any atom is -0.357 e. The van der Waals surface area contributed by atoms with E-state index in [9.17, 15) is 0 Å². The van der Waals surface area contributed by atoms with Crippen LogP contribution in [0.25, 0.3) is 5.82 Å². The molecule has 2 aromatic heterocycles. The number of halogens is 1. The Morgan fingerprint density at radius 1 is 1.30 bits per heavy atom. The minimum absolute atomic E-state index is 0. The number of hydrogen-bond donors (Lipinski definition) is 1. The summed E-state index contributed by atoms with van der Waals surface area (Å²) < 4.78 is 2.02. The summed E-state index contributed by atoms with van der Waals surface area (Å²) in [6, 6.07) is 4.06. The molecule has 27 heavy (non-hydrogen) atoms. The highest BCUT2D eigenvalue weighted by atomic mass is 127. The molecule has 0 aliphatic carbocycles. The normalized spacial score (nSPS) is 19.9. The largest absolute Gasteiger partial charge is 0.357 e. The van der Waals surface area contributed by atoms with Gasteiger partial charge in [-0.3, -0.25) is 4.57 Å². The quantitative estimate of drug-likeness (QED) is 0.401. The second-order valence-electron chi connectivity index (χ2n) is 7.34. The maximum absolute atomic E-state index is 4.92. The topological polar surface area (TPSA) is 58.3 Å². The van der Waals surface area contributed by atoms with E-state index in [1.807, 2.05) is 30.0 Å². The molecule has 0 radical (unpaired) electrons. The SMILES string of the molecule is CCNC(=NCc1cccnc1-n1ccnc1C)N1CCC(C)(CC)C1.I. The highest BCUT2D eigenvalue weighted by molar-refractivity contribution is 14.0. The molecule has 0 bridgehead atoms. The van der Waals surface area contributed by atoms with Crippen LogP contribution in [0.3, 0.4) is 0 Å². The van der Waals surface area contributed by atoms with Crippen LogP contribution in [0.5, 0.6) is 0 Å². The summed E-state index contributed by atoms with van der Waals surface area (Å²) in [7, 11) is 0. The maximum atomic E-state index is 4.92. The first-order valence-corrected chi connectivity index (χ1v) is 9.54. The second-order valence-corrected chi connectivity index (χ2v) is 7.34. The zero-order chi connectivity index (χ0) is 18.6. The van der Waals surface area contributed by atoms with Crippen molar-refractivity contribution in [2.45, 2.75) is 47.1 Å². The number of nitrogens with one attached hydrogen (secondary N) is 1. The van der Waals surface area contributed by atoms with Gasteiger partial charge in [0.15, 0.2) is 5.96 Å². The molecular weight excluding hydrogens is 451 g/mol. The Morgan fingerprint density at radius 3 is 2.74 bits per heavy atom. The summed E-state index contributed by atoms with van der Waals surface area (Å²) in [6.45, 7) is 12.4. The molecule has 3 heterocycles. The van der Waals surface area contributed by atoms with Gasteiger partial charge in [0, 0.05) is 43.8 Å². The van der Waals surface area contributed by atoms with E-state index in [-0.39, 0.29) is 24.0 Å². The monoisotopic (exact) mass is 482 g/mol. The van der Waals surface area contributed by atoms with Crippen molar-refractivity contribution < 1.29 is 0 Å². The average Bonchev–Trinajstić information content (AvgIpc) is 3.25. The molecule has 7 heteroatoms. The number of likely N-dealkylation sites (tertiary alicyclic amines) is 1. The van der Waals surface area contributed by atoms with Gasteiger partial charge < -0.3 is 10.2 Å². The predicted molar refractivity (Wildman–Crippen MR) is 121 cm³/mol. The fourth-order valence-corrected chi connectivity index (χ4v) is 3.45. The Morgan fingerprint density at radius 2 is 2.11 bits per heavy atom. The molecule has 6 nitrogen and oxygen atoms in total. The molecular formula is C20H31IN6. The highest BCUT2D eigenvalue weighted by Gasteiger charge is 2.33. The molecule has 0 aromatic carbocycles. The first-order chi connectivity index (χ1) is 12.6. The summed E-state index contributed by atoms with van der Waals surface area (Å²) in [5.74, 6) is 2.84. The Balaban J connectivity index is 0.00000261. The zero-order valence-corrected chi connectivity index (χ0v) is 19.1. The number of pyridine rings is 1. The van der Waals surface area contributed by atoms with Crippen LogP contribution >= 0.6 is 24.0 Å². The molecule has 2 aromatic rings. The lowest BCUT2D eigenvalue weighted by Crippen LogP contribution is -2.41. The second kappa shape index (κ2) is 9.52. The van der Waals surface area contributed by atoms with E-state index in [2.05, 4.69) is 47.0 Å².